The van der Waals surface area contributed by atoms with Crippen LogP contribution >= 0.6 is 0 Å². The number of para-hydroxylation sites is 1. The number of carbonyl (C=O) groups excluding carboxylic acids is 3. The van der Waals surface area contributed by atoms with Crippen molar-refractivity contribution in [3.8, 4) is 0 Å². The molecule has 5 nitrogen and oxygen atoms in total. The number of amides is 1. The van der Waals surface area contributed by atoms with Crippen LogP contribution in [0.3, 0.4) is 0 Å². The summed E-state index contributed by atoms with van der Waals surface area (Å²) in [6.07, 6.45) is 2.91. The number of hydrogen-bond donors (Lipinski definition) is 1. The number of ether oxygens (including phenoxy) is 1. The number of rotatable bonds is 7. The molecule has 0 spiro atoms. The number of ketones is 1. The summed E-state index contributed by atoms with van der Waals surface area (Å²) in [5.74, 6) is -0.835. The lowest BCUT2D eigenvalue weighted by Crippen LogP contribution is -2.21. The SMILES string of the molecule is CC(=O)c1ccccc1NC(=O)COC(=O)/C=C/c1ccc(C(C)C)cc1. The first-order valence-corrected chi connectivity index (χ1v) is 8.71. The minimum Gasteiger partial charge on any atom is -0.452 e. The van der Waals surface area contributed by atoms with Gasteiger partial charge in [-0.2, -0.15) is 0 Å². The number of Topliss-reactive ketones (excluding diaryl/α,β-unsaturated/α-hetero) is 1. The Morgan fingerprint density at radius 1 is 1.04 bits per heavy atom. The van der Waals surface area contributed by atoms with Gasteiger partial charge in [-0.3, -0.25) is 9.59 Å². The first kappa shape index (κ1) is 20.1. The summed E-state index contributed by atoms with van der Waals surface area (Å²) < 4.78 is 4.94. The topological polar surface area (TPSA) is 72.5 Å². The Bertz CT molecular complexity index is 851. The number of anilines is 1. The average molecular weight is 365 g/mol. The van der Waals surface area contributed by atoms with Crippen LogP contribution in [0.1, 0.15) is 48.2 Å². The summed E-state index contributed by atoms with van der Waals surface area (Å²) in [5, 5.41) is 2.58. The molecule has 0 radical (unpaired) electrons. The fraction of sp³-hybridized carbons (Fsp3) is 0.227. The van der Waals surface area contributed by atoms with Crippen LogP contribution in [0.2, 0.25) is 0 Å². The smallest absolute Gasteiger partial charge is 0.331 e. The maximum Gasteiger partial charge on any atom is 0.331 e. The maximum atomic E-state index is 11.9. The number of nitrogens with one attached hydrogen (secondary N) is 1. The summed E-state index contributed by atoms with van der Waals surface area (Å²) >= 11 is 0. The molecular weight excluding hydrogens is 342 g/mol. The highest BCUT2D eigenvalue weighted by Gasteiger charge is 2.10. The monoisotopic (exact) mass is 365 g/mol. The zero-order chi connectivity index (χ0) is 19.8. The van der Waals surface area contributed by atoms with Crippen LogP contribution < -0.4 is 5.32 Å². The van der Waals surface area contributed by atoms with Crippen molar-refractivity contribution in [2.75, 3.05) is 11.9 Å². The van der Waals surface area contributed by atoms with Gasteiger partial charge in [0, 0.05) is 11.6 Å². The third kappa shape index (κ3) is 6.22. The van der Waals surface area contributed by atoms with Gasteiger partial charge in [-0.05, 0) is 42.2 Å². The van der Waals surface area contributed by atoms with Gasteiger partial charge in [0.25, 0.3) is 5.91 Å². The van der Waals surface area contributed by atoms with Gasteiger partial charge in [0.1, 0.15) is 0 Å². The van der Waals surface area contributed by atoms with Gasteiger partial charge in [0.05, 0.1) is 5.69 Å². The highest BCUT2D eigenvalue weighted by molar-refractivity contribution is 6.04. The molecule has 0 unspecified atom stereocenters. The lowest BCUT2D eigenvalue weighted by molar-refractivity contribution is -0.142. The van der Waals surface area contributed by atoms with E-state index in [1.165, 1.54) is 18.6 Å². The van der Waals surface area contributed by atoms with E-state index in [9.17, 15) is 14.4 Å². The zero-order valence-electron chi connectivity index (χ0n) is 15.7. The van der Waals surface area contributed by atoms with Crippen LogP contribution in [-0.4, -0.2) is 24.3 Å². The van der Waals surface area contributed by atoms with Crippen LogP contribution in [0.5, 0.6) is 0 Å². The van der Waals surface area contributed by atoms with E-state index < -0.39 is 18.5 Å². The molecule has 1 N–H and O–H groups in total. The maximum absolute atomic E-state index is 11.9. The van der Waals surface area contributed by atoms with Crippen LogP contribution in [0.15, 0.2) is 54.6 Å². The molecule has 0 heterocycles. The molecule has 0 aromatic heterocycles. The summed E-state index contributed by atoms with van der Waals surface area (Å²) in [5.41, 5.74) is 2.89. The van der Waals surface area contributed by atoms with E-state index in [1.54, 1.807) is 30.3 Å². The lowest BCUT2D eigenvalue weighted by Gasteiger charge is -2.08. The Hall–Kier alpha value is -3.21. The van der Waals surface area contributed by atoms with E-state index in [2.05, 4.69) is 19.2 Å². The predicted octanol–water partition coefficient (Wildman–Crippen LogP) is 4.21. The molecule has 0 fully saturated rings. The van der Waals surface area contributed by atoms with Crippen molar-refractivity contribution in [2.24, 2.45) is 0 Å². The number of esters is 1. The minimum absolute atomic E-state index is 0.158. The zero-order valence-corrected chi connectivity index (χ0v) is 15.7. The van der Waals surface area contributed by atoms with E-state index >= 15 is 0 Å². The second-order valence-electron chi connectivity index (χ2n) is 6.41. The van der Waals surface area contributed by atoms with Gasteiger partial charge >= 0.3 is 5.97 Å². The third-order valence-electron chi connectivity index (χ3n) is 3.94. The molecule has 140 valence electrons. The molecule has 0 saturated carbocycles. The second kappa shape index (κ2) is 9.48. The van der Waals surface area contributed by atoms with E-state index in [0.29, 0.717) is 17.2 Å². The first-order chi connectivity index (χ1) is 12.9. The normalized spacial score (nSPS) is 10.8. The van der Waals surface area contributed by atoms with Gasteiger partial charge in [-0.15, -0.1) is 0 Å². The van der Waals surface area contributed by atoms with Gasteiger partial charge in [0.15, 0.2) is 12.4 Å². The summed E-state index contributed by atoms with van der Waals surface area (Å²) in [7, 11) is 0. The molecule has 0 aliphatic rings. The summed E-state index contributed by atoms with van der Waals surface area (Å²) in [6.45, 7) is 5.22. The van der Waals surface area contributed by atoms with Crippen molar-refractivity contribution in [2.45, 2.75) is 26.7 Å². The van der Waals surface area contributed by atoms with E-state index in [0.717, 1.165) is 5.56 Å². The quantitative estimate of drug-likeness (QED) is 0.453. The number of hydrogen-bond acceptors (Lipinski definition) is 4. The molecule has 5 heteroatoms. The van der Waals surface area contributed by atoms with Crippen molar-refractivity contribution >= 4 is 29.4 Å². The van der Waals surface area contributed by atoms with E-state index in [1.807, 2.05) is 24.3 Å². The molecule has 27 heavy (non-hydrogen) atoms. The Labute approximate surface area is 159 Å². The number of benzene rings is 2. The Morgan fingerprint density at radius 3 is 2.33 bits per heavy atom. The van der Waals surface area contributed by atoms with Crippen LogP contribution in [0.25, 0.3) is 6.08 Å². The minimum atomic E-state index is -0.613. The van der Waals surface area contributed by atoms with Crippen molar-refractivity contribution < 1.29 is 19.1 Å². The molecule has 2 aromatic carbocycles. The Morgan fingerprint density at radius 2 is 1.70 bits per heavy atom. The molecule has 0 saturated heterocycles. The van der Waals surface area contributed by atoms with E-state index in [4.69, 9.17) is 4.74 Å². The van der Waals surface area contributed by atoms with Gasteiger partial charge in [-0.25, -0.2) is 4.79 Å². The van der Waals surface area contributed by atoms with Crippen LogP contribution in [-0.2, 0) is 14.3 Å². The highest BCUT2D eigenvalue weighted by Crippen LogP contribution is 2.16. The molecule has 0 aliphatic carbocycles. The predicted molar refractivity (Wildman–Crippen MR) is 106 cm³/mol. The highest BCUT2D eigenvalue weighted by atomic mass is 16.5. The summed E-state index contributed by atoms with van der Waals surface area (Å²) in [6, 6.07) is 14.5. The lowest BCUT2D eigenvalue weighted by atomic mass is 10.0. The summed E-state index contributed by atoms with van der Waals surface area (Å²) in [4.78, 5) is 35.3. The largest absolute Gasteiger partial charge is 0.452 e. The number of carbonyl (C=O) groups is 3. The third-order valence-corrected chi connectivity index (χ3v) is 3.94. The van der Waals surface area contributed by atoms with Crippen molar-refractivity contribution in [3.63, 3.8) is 0 Å². The molecule has 2 rings (SSSR count). The molecule has 1 amide bonds. The molecule has 0 atom stereocenters. The van der Waals surface area contributed by atoms with Gasteiger partial charge in [-0.1, -0.05) is 50.2 Å². The molecule has 2 aromatic rings. The molecular formula is C22H23NO4. The molecule has 0 bridgehead atoms. The first-order valence-electron chi connectivity index (χ1n) is 8.71. The van der Waals surface area contributed by atoms with E-state index in [-0.39, 0.29) is 5.78 Å². The van der Waals surface area contributed by atoms with Gasteiger partial charge < -0.3 is 10.1 Å². The Kier molecular flexibility index (Phi) is 7.06. The van der Waals surface area contributed by atoms with Crippen LogP contribution in [0, 0.1) is 0 Å². The van der Waals surface area contributed by atoms with Crippen molar-refractivity contribution in [1.82, 2.24) is 0 Å². The second-order valence-corrected chi connectivity index (χ2v) is 6.41. The average Bonchev–Trinajstić information content (AvgIpc) is 2.65. The van der Waals surface area contributed by atoms with Crippen molar-refractivity contribution in [3.05, 3.63) is 71.3 Å². The molecule has 0 aliphatic heterocycles. The fourth-order valence-electron chi connectivity index (χ4n) is 2.43. The van der Waals surface area contributed by atoms with Crippen molar-refractivity contribution in [1.29, 1.82) is 0 Å². The van der Waals surface area contributed by atoms with Crippen LogP contribution in [0.4, 0.5) is 5.69 Å². The van der Waals surface area contributed by atoms with Gasteiger partial charge in [0.2, 0.25) is 0 Å². The standard InChI is InChI=1S/C22H23NO4/c1-15(2)18-11-8-17(9-12-18)10-13-22(26)27-14-21(25)23-20-7-5-4-6-19(20)16(3)24/h4-13,15H,14H2,1-3H3,(H,23,25)/b13-10+. The fourth-order valence-corrected chi connectivity index (χ4v) is 2.43. The Balaban J connectivity index is 1.86.